The number of aromatic hydroxyl groups is 1. The minimum absolute atomic E-state index is 0.149. The van der Waals surface area contributed by atoms with Crippen molar-refractivity contribution in [2.75, 3.05) is 49.1 Å². The number of rotatable bonds is 7. The first-order valence-electron chi connectivity index (χ1n) is 16.8. The van der Waals surface area contributed by atoms with Gasteiger partial charge in [-0.2, -0.15) is 15.1 Å². The fraction of sp³-hybridized carbons (Fsp3) is 0.514. The van der Waals surface area contributed by atoms with Gasteiger partial charge in [-0.1, -0.05) is 13.0 Å². The Morgan fingerprint density at radius 3 is 2.85 bits per heavy atom. The molecule has 0 spiro atoms. The van der Waals surface area contributed by atoms with Crippen LogP contribution in [0.4, 0.5) is 20.3 Å². The van der Waals surface area contributed by atoms with Gasteiger partial charge in [-0.3, -0.25) is 9.58 Å². The number of aromatic nitrogens is 4. The van der Waals surface area contributed by atoms with Gasteiger partial charge in [0.25, 0.3) is 0 Å². The normalized spacial score (nSPS) is 24.8. The van der Waals surface area contributed by atoms with Gasteiger partial charge in [0.2, 0.25) is 0 Å². The predicted octanol–water partition coefficient (Wildman–Crippen LogP) is 5.59. The van der Waals surface area contributed by atoms with Gasteiger partial charge in [0.15, 0.2) is 0 Å². The van der Waals surface area contributed by atoms with Gasteiger partial charge in [-0.05, 0) is 74.2 Å². The largest absolute Gasteiger partial charge is 0.508 e. The lowest BCUT2D eigenvalue weighted by molar-refractivity contribution is 0.107. The molecule has 8 rings (SSSR count). The molecule has 4 aromatic rings. The summed E-state index contributed by atoms with van der Waals surface area (Å²) in [7, 11) is 0. The monoisotopic (exact) mass is 629 g/mol. The van der Waals surface area contributed by atoms with Gasteiger partial charge in [-0.15, -0.1) is 0 Å². The van der Waals surface area contributed by atoms with E-state index in [1.165, 1.54) is 6.07 Å². The summed E-state index contributed by atoms with van der Waals surface area (Å²) < 4.78 is 38.0. The number of aryl methyl sites for hydroxylation is 1. The van der Waals surface area contributed by atoms with E-state index in [0.717, 1.165) is 78.9 Å². The van der Waals surface area contributed by atoms with Crippen molar-refractivity contribution >= 4 is 22.3 Å². The van der Waals surface area contributed by atoms with Crippen LogP contribution in [-0.2, 0) is 19.4 Å². The van der Waals surface area contributed by atoms with E-state index in [9.17, 15) is 9.50 Å². The summed E-state index contributed by atoms with van der Waals surface area (Å²) in [6.45, 7) is 6.49. The standard InChI is InChI=1S/C35H41F2N7O2/c1-2-27-29(37)8-7-23-16-26(45)17-31(32(23)27)41-15-9-28-30(21-41)39-34(46-22-35-10-4-13-43(35)19-24(36)18-35)40-33(28)42-12-3-6-25(20-42)44-14-5-11-38-44/h5,7-8,11,14,16-17,24-25,45H,2-4,6,9-10,12-13,15,18-22H2,1H3/t24-,25?,35+/m1/s1. The Morgan fingerprint density at radius 1 is 1.09 bits per heavy atom. The van der Waals surface area contributed by atoms with Crippen molar-refractivity contribution in [3.63, 3.8) is 0 Å². The smallest absolute Gasteiger partial charge is 0.318 e. The molecule has 3 atom stereocenters. The fourth-order valence-electron chi connectivity index (χ4n) is 8.50. The second kappa shape index (κ2) is 11.7. The first-order valence-corrected chi connectivity index (χ1v) is 16.8. The number of nitrogens with zero attached hydrogens (tertiary/aromatic N) is 7. The van der Waals surface area contributed by atoms with Crippen LogP contribution < -0.4 is 14.5 Å². The molecule has 2 aromatic heterocycles. The highest BCUT2D eigenvalue weighted by atomic mass is 19.1. The molecule has 0 aliphatic carbocycles. The second-order valence-corrected chi connectivity index (χ2v) is 13.5. The minimum Gasteiger partial charge on any atom is -0.508 e. The van der Waals surface area contributed by atoms with E-state index in [4.69, 9.17) is 14.7 Å². The first-order chi connectivity index (χ1) is 22.4. The summed E-state index contributed by atoms with van der Waals surface area (Å²) in [5.74, 6) is 0.808. The summed E-state index contributed by atoms with van der Waals surface area (Å²) >= 11 is 0. The lowest BCUT2D eigenvalue weighted by Crippen LogP contribution is -2.44. The van der Waals surface area contributed by atoms with Gasteiger partial charge >= 0.3 is 6.01 Å². The molecule has 0 saturated carbocycles. The van der Waals surface area contributed by atoms with Crippen molar-refractivity contribution in [2.24, 2.45) is 0 Å². The van der Waals surface area contributed by atoms with E-state index in [1.54, 1.807) is 18.2 Å². The molecular weight excluding hydrogens is 588 g/mol. The number of ether oxygens (including phenoxy) is 1. The SMILES string of the molecule is CCc1c(F)ccc2cc(O)cc(N3CCc4c(nc(OC[C@@]56CCCN5C[C@H](F)C6)nc4N4CCCC(n5cccn5)C4)C3)c12. The average Bonchev–Trinajstić information content (AvgIpc) is 3.80. The van der Waals surface area contributed by atoms with Crippen LogP contribution in [0.15, 0.2) is 42.7 Å². The van der Waals surface area contributed by atoms with E-state index in [1.807, 2.05) is 30.1 Å². The van der Waals surface area contributed by atoms with Gasteiger partial charge in [0.1, 0.15) is 30.2 Å². The Morgan fingerprint density at radius 2 is 2.00 bits per heavy atom. The lowest BCUT2D eigenvalue weighted by atomic mass is 9.95. The van der Waals surface area contributed by atoms with Crippen LogP contribution in [0.5, 0.6) is 11.8 Å². The van der Waals surface area contributed by atoms with Crippen molar-refractivity contribution in [1.29, 1.82) is 0 Å². The van der Waals surface area contributed by atoms with Crippen LogP contribution >= 0.6 is 0 Å². The number of benzene rings is 2. The second-order valence-electron chi connectivity index (χ2n) is 13.5. The first kappa shape index (κ1) is 29.4. The van der Waals surface area contributed by atoms with Crippen molar-refractivity contribution in [1.82, 2.24) is 24.6 Å². The Balaban J connectivity index is 1.16. The zero-order valence-electron chi connectivity index (χ0n) is 26.3. The molecule has 3 saturated heterocycles. The highest BCUT2D eigenvalue weighted by Crippen LogP contribution is 2.42. The van der Waals surface area contributed by atoms with Gasteiger partial charge < -0.3 is 19.6 Å². The predicted molar refractivity (Wildman–Crippen MR) is 173 cm³/mol. The summed E-state index contributed by atoms with van der Waals surface area (Å²) in [6, 6.07) is 9.18. The van der Waals surface area contributed by atoms with Crippen LogP contribution in [-0.4, -0.2) is 80.8 Å². The number of hydrogen-bond acceptors (Lipinski definition) is 8. The maximum atomic E-state index is 15.0. The molecule has 1 unspecified atom stereocenters. The average molecular weight is 630 g/mol. The molecule has 4 aliphatic heterocycles. The Hall–Kier alpha value is -3.99. The highest BCUT2D eigenvalue weighted by molar-refractivity contribution is 5.98. The molecule has 9 nitrogen and oxygen atoms in total. The van der Waals surface area contributed by atoms with Crippen LogP contribution in [0.2, 0.25) is 0 Å². The summed E-state index contributed by atoms with van der Waals surface area (Å²) in [6.07, 6.45) is 8.76. The molecule has 242 valence electrons. The number of piperidine rings is 1. The summed E-state index contributed by atoms with van der Waals surface area (Å²) in [5, 5.41) is 16.9. The Bertz CT molecular complexity index is 1750. The van der Waals surface area contributed by atoms with E-state index in [0.29, 0.717) is 57.1 Å². The molecule has 6 heterocycles. The third kappa shape index (κ3) is 5.12. The number of anilines is 2. The third-order valence-electron chi connectivity index (χ3n) is 10.7. The molecule has 0 bridgehead atoms. The lowest BCUT2D eigenvalue weighted by Gasteiger charge is -2.38. The third-order valence-corrected chi connectivity index (χ3v) is 10.7. The molecule has 0 radical (unpaired) electrons. The van der Waals surface area contributed by atoms with Crippen LogP contribution in [0.1, 0.15) is 61.9 Å². The van der Waals surface area contributed by atoms with Crippen molar-refractivity contribution in [3.05, 3.63) is 65.4 Å². The number of alkyl halides is 1. The summed E-state index contributed by atoms with van der Waals surface area (Å²) in [5.41, 5.74) is 3.11. The number of halogens is 2. The van der Waals surface area contributed by atoms with Crippen LogP contribution in [0, 0.1) is 5.82 Å². The Labute approximate surface area is 267 Å². The molecule has 0 amide bonds. The molecule has 3 fully saturated rings. The molecular formula is C35H41F2N7O2. The van der Waals surface area contributed by atoms with Gasteiger partial charge in [0.05, 0.1) is 23.8 Å². The number of hydrogen-bond donors (Lipinski definition) is 1. The van der Waals surface area contributed by atoms with Crippen molar-refractivity contribution in [3.8, 4) is 11.8 Å². The van der Waals surface area contributed by atoms with Crippen LogP contribution in [0.25, 0.3) is 10.8 Å². The number of phenols is 1. The zero-order chi connectivity index (χ0) is 31.4. The molecule has 2 aromatic carbocycles. The summed E-state index contributed by atoms with van der Waals surface area (Å²) in [4.78, 5) is 16.8. The van der Waals surface area contributed by atoms with E-state index < -0.39 is 6.17 Å². The van der Waals surface area contributed by atoms with Gasteiger partial charge in [0, 0.05) is 67.7 Å². The quantitative estimate of drug-likeness (QED) is 0.283. The molecule has 4 aliphatic rings. The van der Waals surface area contributed by atoms with E-state index in [-0.39, 0.29) is 23.1 Å². The topological polar surface area (TPSA) is 82.8 Å². The van der Waals surface area contributed by atoms with Crippen molar-refractivity contribution < 1.29 is 18.6 Å². The number of phenolic OH excluding ortho intramolecular Hbond substituents is 1. The molecule has 46 heavy (non-hydrogen) atoms. The zero-order valence-corrected chi connectivity index (χ0v) is 26.3. The minimum atomic E-state index is -0.833. The maximum absolute atomic E-state index is 15.0. The molecule has 1 N–H and O–H groups in total. The van der Waals surface area contributed by atoms with Crippen LogP contribution in [0.3, 0.4) is 0 Å². The number of fused-ring (bicyclic) bond motifs is 3. The van der Waals surface area contributed by atoms with Crippen molar-refractivity contribution in [2.45, 2.75) is 76.2 Å². The van der Waals surface area contributed by atoms with Gasteiger partial charge in [-0.25, -0.2) is 8.78 Å². The van der Waals surface area contributed by atoms with E-state index >= 15 is 4.39 Å². The van der Waals surface area contributed by atoms with E-state index in [2.05, 4.69) is 19.8 Å². The highest BCUT2D eigenvalue weighted by Gasteiger charge is 2.49. The fourth-order valence-corrected chi connectivity index (χ4v) is 8.50. The Kier molecular flexibility index (Phi) is 7.46. The maximum Gasteiger partial charge on any atom is 0.318 e. The molecule has 11 heteroatoms.